The van der Waals surface area contributed by atoms with Gasteiger partial charge in [0.15, 0.2) is 6.29 Å². The zero-order valence-corrected chi connectivity index (χ0v) is 10.6. The van der Waals surface area contributed by atoms with Gasteiger partial charge in [0.25, 0.3) is 5.69 Å². The van der Waals surface area contributed by atoms with Gasteiger partial charge in [0.05, 0.1) is 11.5 Å². The number of nitrogens with zero attached hydrogens (tertiary/aromatic N) is 1. The molecule has 0 aliphatic rings. The molecule has 1 atom stereocenters. The molecule has 0 heterocycles. The average Bonchev–Trinajstić information content (AvgIpc) is 2.33. The first kappa shape index (κ1) is 15.5. The minimum absolute atomic E-state index is 0.0371. The Hall–Kier alpha value is -1.60. The van der Waals surface area contributed by atoms with Gasteiger partial charge in [-0.1, -0.05) is 0 Å². The molecule has 8 nitrogen and oxygen atoms in total. The quantitative estimate of drug-likeness (QED) is 0.291. The zero-order chi connectivity index (χ0) is 14.5. The highest BCUT2D eigenvalue weighted by Gasteiger charge is 2.42. The molecule has 0 aromatic heterocycles. The number of carbonyl (C=O) groups excluding carboxylic acids is 1. The van der Waals surface area contributed by atoms with E-state index in [9.17, 15) is 14.9 Å². The van der Waals surface area contributed by atoms with E-state index in [2.05, 4.69) is 0 Å². The predicted molar refractivity (Wildman–Crippen MR) is 66.6 cm³/mol. The molecule has 0 aliphatic carbocycles. The van der Waals surface area contributed by atoms with Crippen molar-refractivity contribution in [3.05, 3.63) is 34.4 Å². The monoisotopic (exact) mass is 290 g/mol. The van der Waals surface area contributed by atoms with Crippen LogP contribution in [0.25, 0.3) is 0 Å². The Morgan fingerprint density at radius 2 is 1.89 bits per heavy atom. The molecule has 1 rings (SSSR count). The number of aldehydes is 1. The summed E-state index contributed by atoms with van der Waals surface area (Å²) in [6, 6.07) is 5.28. The number of nitro groups is 1. The molecule has 0 saturated carbocycles. The van der Waals surface area contributed by atoms with Gasteiger partial charge in [0.1, 0.15) is 5.75 Å². The normalized spacial score (nSPS) is 12.8. The molecule has 0 radical (unpaired) electrons. The molecular formula is C10H13NO7P+. The molecular weight excluding hydrogens is 277 g/mol. The van der Waals surface area contributed by atoms with Gasteiger partial charge in [-0.15, -0.1) is 0 Å². The fourth-order valence-electron chi connectivity index (χ4n) is 1.28. The van der Waals surface area contributed by atoms with Crippen molar-refractivity contribution < 1.29 is 29.1 Å². The van der Waals surface area contributed by atoms with E-state index in [0.29, 0.717) is 5.75 Å². The molecule has 3 N–H and O–H groups in total. The fraction of sp³-hybridized carbons (Fsp3) is 0.300. The fourth-order valence-corrected chi connectivity index (χ4v) is 1.90. The van der Waals surface area contributed by atoms with Crippen LogP contribution in [-0.4, -0.2) is 38.2 Å². The maximum Gasteiger partial charge on any atom is 0.414 e. The molecule has 9 heteroatoms. The van der Waals surface area contributed by atoms with Crippen molar-refractivity contribution in [2.45, 2.75) is 12.1 Å². The SMILES string of the molecule is O=CC(CCOc1ccc([N+](=O)[O-])cc1)[P+](O)(O)O. The lowest BCUT2D eigenvalue weighted by molar-refractivity contribution is -0.384. The Morgan fingerprint density at radius 1 is 1.32 bits per heavy atom. The van der Waals surface area contributed by atoms with E-state index in [1.165, 1.54) is 24.3 Å². The van der Waals surface area contributed by atoms with Crippen molar-refractivity contribution in [2.75, 3.05) is 6.61 Å². The summed E-state index contributed by atoms with van der Waals surface area (Å²) in [5, 5.41) is 10.4. The Morgan fingerprint density at radius 3 is 2.32 bits per heavy atom. The van der Waals surface area contributed by atoms with Gasteiger partial charge >= 0.3 is 7.94 Å². The van der Waals surface area contributed by atoms with Gasteiger partial charge in [0.2, 0.25) is 5.66 Å². The number of carbonyl (C=O) groups is 1. The highest BCUT2D eigenvalue weighted by molar-refractivity contribution is 7.60. The van der Waals surface area contributed by atoms with E-state index < -0.39 is 18.5 Å². The molecule has 0 spiro atoms. The number of non-ortho nitro benzene ring substituents is 1. The Kier molecular flexibility index (Phi) is 5.31. The van der Waals surface area contributed by atoms with Crippen LogP contribution in [0.15, 0.2) is 24.3 Å². The van der Waals surface area contributed by atoms with Gasteiger partial charge in [-0.2, -0.15) is 14.7 Å². The summed E-state index contributed by atoms with van der Waals surface area (Å²) >= 11 is 0. The van der Waals surface area contributed by atoms with Crippen LogP contribution in [0, 0.1) is 10.1 Å². The summed E-state index contributed by atoms with van der Waals surface area (Å²) in [6.45, 7) is -0.0371. The third kappa shape index (κ3) is 4.88. The molecule has 0 saturated heterocycles. The second-order valence-corrected chi connectivity index (χ2v) is 5.60. The first-order valence-corrected chi connectivity index (χ1v) is 6.95. The summed E-state index contributed by atoms with van der Waals surface area (Å²) in [4.78, 5) is 47.2. The van der Waals surface area contributed by atoms with Crippen molar-refractivity contribution in [1.82, 2.24) is 0 Å². The smallest absolute Gasteiger partial charge is 0.414 e. The molecule has 1 aromatic rings. The molecule has 0 bridgehead atoms. The minimum atomic E-state index is -4.21. The second kappa shape index (κ2) is 6.53. The van der Waals surface area contributed by atoms with Crippen LogP contribution in [0.2, 0.25) is 0 Å². The molecule has 1 unspecified atom stereocenters. The number of hydrogen-bond acceptors (Lipinski definition) is 7. The van der Waals surface area contributed by atoms with Crippen LogP contribution in [0.1, 0.15) is 6.42 Å². The lowest BCUT2D eigenvalue weighted by Crippen LogP contribution is -2.18. The van der Waals surface area contributed by atoms with E-state index in [1.807, 2.05) is 0 Å². The summed E-state index contributed by atoms with van der Waals surface area (Å²) in [5.41, 5.74) is -1.37. The maximum atomic E-state index is 10.5. The standard InChI is InChI=1S/C10H13NO7P/c12-7-10(19(15,16)17)5-6-18-9-3-1-8(2-4-9)11(13)14/h1-4,7,10,15-17H,5-6H2/q+1. The van der Waals surface area contributed by atoms with Crippen molar-refractivity contribution in [3.8, 4) is 5.75 Å². The van der Waals surface area contributed by atoms with Crippen LogP contribution < -0.4 is 4.74 Å². The van der Waals surface area contributed by atoms with Gasteiger partial charge in [-0.05, 0) is 12.1 Å². The van der Waals surface area contributed by atoms with Crippen molar-refractivity contribution >= 4 is 19.9 Å². The Balaban J connectivity index is 2.49. The third-order valence-corrected chi connectivity index (χ3v) is 3.60. The van der Waals surface area contributed by atoms with Crippen molar-refractivity contribution in [3.63, 3.8) is 0 Å². The number of hydrogen-bond donors (Lipinski definition) is 3. The molecule has 0 amide bonds. The molecule has 0 fully saturated rings. The van der Waals surface area contributed by atoms with Crippen LogP contribution in [-0.2, 0) is 4.79 Å². The van der Waals surface area contributed by atoms with Gasteiger partial charge in [-0.25, -0.2) is 0 Å². The lowest BCUT2D eigenvalue weighted by Gasteiger charge is -2.12. The van der Waals surface area contributed by atoms with Crippen molar-refractivity contribution in [2.24, 2.45) is 0 Å². The Labute approximate surface area is 109 Å². The van der Waals surface area contributed by atoms with Gasteiger partial charge in [0, 0.05) is 18.6 Å². The number of ether oxygens (including phenoxy) is 1. The van der Waals surface area contributed by atoms with Crippen LogP contribution >= 0.6 is 7.94 Å². The first-order chi connectivity index (χ1) is 8.84. The summed E-state index contributed by atoms with van der Waals surface area (Å²) < 4.78 is 5.17. The van der Waals surface area contributed by atoms with Crippen molar-refractivity contribution in [1.29, 1.82) is 0 Å². The Bertz CT molecular complexity index is 442. The first-order valence-electron chi connectivity index (χ1n) is 5.24. The van der Waals surface area contributed by atoms with E-state index in [4.69, 9.17) is 19.4 Å². The average molecular weight is 290 g/mol. The number of rotatable bonds is 7. The number of benzene rings is 1. The molecule has 1 aromatic carbocycles. The van der Waals surface area contributed by atoms with Gasteiger partial charge in [-0.3, -0.25) is 14.9 Å². The summed E-state index contributed by atoms with van der Waals surface area (Å²) in [6.07, 6.45) is 0.185. The highest BCUT2D eigenvalue weighted by Crippen LogP contribution is 2.50. The van der Waals surface area contributed by atoms with E-state index in [1.54, 1.807) is 0 Å². The summed E-state index contributed by atoms with van der Waals surface area (Å²) in [5.74, 6) is 0.341. The number of nitro benzene ring substituents is 1. The van der Waals surface area contributed by atoms with E-state index in [-0.39, 0.29) is 25.0 Å². The van der Waals surface area contributed by atoms with Crippen LogP contribution in [0.3, 0.4) is 0 Å². The van der Waals surface area contributed by atoms with E-state index >= 15 is 0 Å². The minimum Gasteiger partial charge on any atom is -0.493 e. The molecule has 0 aliphatic heterocycles. The highest BCUT2D eigenvalue weighted by atomic mass is 31.2. The third-order valence-electron chi connectivity index (χ3n) is 2.33. The molecule has 19 heavy (non-hydrogen) atoms. The second-order valence-electron chi connectivity index (χ2n) is 3.71. The van der Waals surface area contributed by atoms with Crippen LogP contribution in [0.4, 0.5) is 5.69 Å². The largest absolute Gasteiger partial charge is 0.493 e. The van der Waals surface area contributed by atoms with Gasteiger partial charge < -0.3 is 4.74 Å². The van der Waals surface area contributed by atoms with E-state index in [0.717, 1.165) is 0 Å². The lowest BCUT2D eigenvalue weighted by atomic mass is 10.3. The maximum absolute atomic E-state index is 10.5. The van der Waals surface area contributed by atoms with Crippen LogP contribution in [0.5, 0.6) is 5.75 Å². The topological polar surface area (TPSA) is 130 Å². The predicted octanol–water partition coefficient (Wildman–Crippen LogP) is 0.671. The zero-order valence-electron chi connectivity index (χ0n) is 9.75. The molecule has 104 valence electrons. The summed E-state index contributed by atoms with van der Waals surface area (Å²) in [7, 11) is -4.21.